The van der Waals surface area contributed by atoms with Crippen LogP contribution in [0.1, 0.15) is 36.5 Å². The highest BCUT2D eigenvalue weighted by molar-refractivity contribution is 5.63. The lowest BCUT2D eigenvalue weighted by atomic mass is 10.0. The molecule has 0 atom stereocenters. The van der Waals surface area contributed by atoms with Crippen molar-refractivity contribution in [2.24, 2.45) is 0 Å². The highest BCUT2D eigenvalue weighted by Gasteiger charge is 2.35. The van der Waals surface area contributed by atoms with Crippen LogP contribution in [0.25, 0.3) is 0 Å². The number of aryl methyl sites for hydroxylation is 1. The molecule has 4 nitrogen and oxygen atoms in total. The van der Waals surface area contributed by atoms with Crippen LogP contribution in [0.4, 0.5) is 36.3 Å². The van der Waals surface area contributed by atoms with E-state index in [2.05, 4.69) is 20.6 Å². The zero-order chi connectivity index (χ0) is 20.3. The Bertz CT molecular complexity index is 951. The van der Waals surface area contributed by atoms with E-state index in [1.165, 1.54) is 0 Å². The van der Waals surface area contributed by atoms with Gasteiger partial charge in [-0.3, -0.25) is 0 Å². The predicted molar refractivity (Wildman–Crippen MR) is 105 cm³/mol. The summed E-state index contributed by atoms with van der Waals surface area (Å²) in [6.07, 6.45) is -3.78. The van der Waals surface area contributed by atoms with Crippen LogP contribution in [-0.4, -0.2) is 9.97 Å². The number of nitrogens with zero attached hydrogens (tertiary/aromatic N) is 2. The summed E-state index contributed by atoms with van der Waals surface area (Å²) in [4.78, 5) is 7.90. The van der Waals surface area contributed by atoms with Crippen molar-refractivity contribution in [3.63, 3.8) is 0 Å². The van der Waals surface area contributed by atoms with Crippen molar-refractivity contribution in [1.29, 1.82) is 0 Å². The fourth-order valence-corrected chi connectivity index (χ4v) is 2.62. The normalized spacial score (nSPS) is 11.5. The van der Waals surface area contributed by atoms with Gasteiger partial charge in [0, 0.05) is 17.6 Å². The third-order valence-corrected chi connectivity index (χ3v) is 4.22. The maximum absolute atomic E-state index is 13.4. The highest BCUT2D eigenvalue weighted by atomic mass is 19.4. The summed E-state index contributed by atoms with van der Waals surface area (Å²) in [6.45, 7) is 5.99. The van der Waals surface area contributed by atoms with Gasteiger partial charge in [-0.15, -0.1) is 0 Å². The molecule has 0 bridgehead atoms. The molecule has 0 saturated carbocycles. The minimum absolute atomic E-state index is 0.0827. The molecule has 2 N–H and O–H groups in total. The van der Waals surface area contributed by atoms with E-state index < -0.39 is 11.7 Å². The van der Waals surface area contributed by atoms with Crippen molar-refractivity contribution in [3.8, 4) is 0 Å². The van der Waals surface area contributed by atoms with Crippen LogP contribution >= 0.6 is 0 Å². The second-order valence-corrected chi connectivity index (χ2v) is 6.85. The second-order valence-electron chi connectivity index (χ2n) is 6.85. The lowest BCUT2D eigenvalue weighted by molar-refractivity contribution is -0.137. The number of anilines is 4. The van der Waals surface area contributed by atoms with Gasteiger partial charge in [0.2, 0.25) is 5.95 Å². The second kappa shape index (κ2) is 7.88. The number of rotatable bonds is 5. The van der Waals surface area contributed by atoms with E-state index in [0.717, 1.165) is 17.3 Å². The van der Waals surface area contributed by atoms with Gasteiger partial charge in [-0.05, 0) is 42.7 Å². The summed E-state index contributed by atoms with van der Waals surface area (Å²) in [5.74, 6) is 0.0467. The van der Waals surface area contributed by atoms with Crippen LogP contribution in [0.15, 0.2) is 54.7 Å². The van der Waals surface area contributed by atoms with E-state index >= 15 is 0 Å². The van der Waals surface area contributed by atoms with Crippen LogP contribution in [0, 0.1) is 6.92 Å². The topological polar surface area (TPSA) is 49.8 Å². The van der Waals surface area contributed by atoms with Crippen LogP contribution in [-0.2, 0) is 6.18 Å². The largest absolute Gasteiger partial charge is 0.421 e. The molecule has 3 rings (SSSR count). The lowest BCUT2D eigenvalue weighted by Gasteiger charge is -2.16. The van der Waals surface area contributed by atoms with E-state index in [1.807, 2.05) is 57.2 Å². The number of nitrogens with one attached hydrogen (secondary N) is 2. The molecule has 0 saturated heterocycles. The summed E-state index contributed by atoms with van der Waals surface area (Å²) in [5.41, 5.74) is 2.41. The molecule has 0 spiro atoms. The van der Waals surface area contributed by atoms with Crippen molar-refractivity contribution in [2.75, 3.05) is 10.6 Å². The van der Waals surface area contributed by atoms with Crippen molar-refractivity contribution in [2.45, 2.75) is 32.9 Å². The van der Waals surface area contributed by atoms with Gasteiger partial charge in [0.15, 0.2) is 0 Å². The summed E-state index contributed by atoms with van der Waals surface area (Å²) in [7, 11) is 0. The molecule has 0 radical (unpaired) electrons. The SMILES string of the molecule is Cc1ccc(Nc2ncc(C(F)(F)F)c(Nc3cccc(C(C)C)c3)n2)cc1. The Morgan fingerprint density at radius 1 is 0.929 bits per heavy atom. The lowest BCUT2D eigenvalue weighted by Crippen LogP contribution is -2.12. The van der Waals surface area contributed by atoms with Crippen LogP contribution < -0.4 is 10.6 Å². The number of benzene rings is 2. The molecule has 0 aliphatic carbocycles. The molecule has 0 aliphatic heterocycles. The first kappa shape index (κ1) is 19.7. The monoisotopic (exact) mass is 386 g/mol. The van der Waals surface area contributed by atoms with Crippen LogP contribution in [0.2, 0.25) is 0 Å². The van der Waals surface area contributed by atoms with Gasteiger partial charge in [-0.2, -0.15) is 18.2 Å². The molecule has 1 aromatic heterocycles. The number of hydrogen-bond donors (Lipinski definition) is 2. The molecule has 3 aromatic rings. The number of aromatic nitrogens is 2. The van der Waals surface area contributed by atoms with E-state index in [4.69, 9.17) is 0 Å². The molecule has 2 aromatic carbocycles. The Hall–Kier alpha value is -3.09. The first-order valence-corrected chi connectivity index (χ1v) is 8.87. The first-order chi connectivity index (χ1) is 13.2. The van der Waals surface area contributed by atoms with Crippen molar-refractivity contribution < 1.29 is 13.2 Å². The van der Waals surface area contributed by atoms with Gasteiger partial charge in [0.25, 0.3) is 0 Å². The van der Waals surface area contributed by atoms with E-state index in [9.17, 15) is 13.2 Å². The van der Waals surface area contributed by atoms with Gasteiger partial charge in [-0.25, -0.2) is 4.98 Å². The summed E-state index contributed by atoms with van der Waals surface area (Å²) >= 11 is 0. The molecule has 146 valence electrons. The maximum Gasteiger partial charge on any atom is 0.421 e. The average molecular weight is 386 g/mol. The van der Waals surface area contributed by atoms with E-state index in [1.54, 1.807) is 12.1 Å². The summed E-state index contributed by atoms with van der Waals surface area (Å²) in [6, 6.07) is 14.7. The van der Waals surface area contributed by atoms with Crippen molar-refractivity contribution in [1.82, 2.24) is 9.97 Å². The number of alkyl halides is 3. The Kier molecular flexibility index (Phi) is 5.53. The maximum atomic E-state index is 13.4. The van der Waals surface area contributed by atoms with E-state index in [0.29, 0.717) is 11.4 Å². The third-order valence-electron chi connectivity index (χ3n) is 4.22. The standard InChI is InChI=1S/C21H21F3N4/c1-13(2)15-5-4-6-17(11-15)26-19-18(21(22,23)24)12-25-20(28-19)27-16-9-7-14(3)8-10-16/h4-13H,1-3H3,(H2,25,26,27,28). The molecule has 0 unspecified atom stereocenters. The Labute approximate surface area is 161 Å². The summed E-state index contributed by atoms with van der Waals surface area (Å²) in [5, 5.41) is 5.73. The molecule has 1 heterocycles. The zero-order valence-electron chi connectivity index (χ0n) is 15.8. The van der Waals surface area contributed by atoms with Gasteiger partial charge < -0.3 is 10.6 Å². The first-order valence-electron chi connectivity index (χ1n) is 8.87. The van der Waals surface area contributed by atoms with Gasteiger partial charge in [0.1, 0.15) is 11.4 Å². The van der Waals surface area contributed by atoms with Crippen LogP contribution in [0.5, 0.6) is 0 Å². The van der Waals surface area contributed by atoms with Crippen LogP contribution in [0.3, 0.4) is 0 Å². The quantitative estimate of drug-likeness (QED) is 0.532. The number of halogens is 3. The van der Waals surface area contributed by atoms with Gasteiger partial charge in [-0.1, -0.05) is 43.7 Å². The molecule has 28 heavy (non-hydrogen) atoms. The Morgan fingerprint density at radius 3 is 2.29 bits per heavy atom. The zero-order valence-corrected chi connectivity index (χ0v) is 15.8. The van der Waals surface area contributed by atoms with E-state index in [-0.39, 0.29) is 17.7 Å². The van der Waals surface area contributed by atoms with Crippen molar-refractivity contribution >= 4 is 23.1 Å². The molecular formula is C21H21F3N4. The Balaban J connectivity index is 1.94. The number of hydrogen-bond acceptors (Lipinski definition) is 4. The molecule has 0 aliphatic rings. The molecule has 0 fully saturated rings. The van der Waals surface area contributed by atoms with Crippen molar-refractivity contribution in [3.05, 3.63) is 71.4 Å². The fraction of sp³-hybridized carbons (Fsp3) is 0.238. The smallest absolute Gasteiger partial charge is 0.340 e. The third kappa shape index (κ3) is 4.79. The minimum atomic E-state index is -4.57. The molecular weight excluding hydrogens is 365 g/mol. The fourth-order valence-electron chi connectivity index (χ4n) is 2.62. The molecule has 7 heteroatoms. The average Bonchev–Trinajstić information content (AvgIpc) is 2.63. The Morgan fingerprint density at radius 2 is 1.64 bits per heavy atom. The minimum Gasteiger partial charge on any atom is -0.340 e. The highest BCUT2D eigenvalue weighted by Crippen LogP contribution is 2.35. The molecule has 0 amide bonds. The predicted octanol–water partition coefficient (Wildman–Crippen LogP) is 6.41. The van der Waals surface area contributed by atoms with Gasteiger partial charge in [0.05, 0.1) is 0 Å². The van der Waals surface area contributed by atoms with Gasteiger partial charge >= 0.3 is 6.18 Å². The summed E-state index contributed by atoms with van der Waals surface area (Å²) < 4.78 is 40.3.